The van der Waals surface area contributed by atoms with E-state index in [9.17, 15) is 14.6 Å². The summed E-state index contributed by atoms with van der Waals surface area (Å²) in [7, 11) is 0. The van der Waals surface area contributed by atoms with Crippen LogP contribution < -0.4 is 4.74 Å². The van der Waals surface area contributed by atoms with E-state index in [1.165, 1.54) is 12.1 Å². The Labute approximate surface area is 110 Å². The molecule has 0 aliphatic carbocycles. The zero-order chi connectivity index (χ0) is 13.7. The van der Waals surface area contributed by atoms with E-state index >= 15 is 0 Å². The molecule has 0 saturated heterocycles. The van der Waals surface area contributed by atoms with Crippen LogP contribution in [0.2, 0.25) is 0 Å². The predicted octanol–water partition coefficient (Wildman–Crippen LogP) is 2.69. The molecule has 1 atom stereocenters. The first-order valence-corrected chi connectivity index (χ1v) is 5.97. The van der Waals surface area contributed by atoms with Gasteiger partial charge in [-0.15, -0.1) is 0 Å². The highest BCUT2D eigenvalue weighted by atomic mass is 19.1. The summed E-state index contributed by atoms with van der Waals surface area (Å²) in [5, 5.41) is 18.6. The Morgan fingerprint density at radius 3 is 2.47 bits per heavy atom. The number of rotatable bonds is 5. The molecule has 0 aliphatic rings. The fourth-order valence-electron chi connectivity index (χ4n) is 1.75. The first-order chi connectivity index (χ1) is 9.19. The molecule has 1 unspecified atom stereocenters. The van der Waals surface area contributed by atoms with Gasteiger partial charge < -0.3 is 14.9 Å². The van der Waals surface area contributed by atoms with Crippen molar-refractivity contribution >= 4 is 0 Å². The molecule has 3 nitrogen and oxygen atoms in total. The maximum Gasteiger partial charge on any atom is 0.126 e. The number of benzene rings is 2. The minimum Gasteiger partial charge on any atom is -0.508 e. The maximum absolute atomic E-state index is 13.0. The number of halogens is 1. The van der Waals surface area contributed by atoms with Crippen molar-refractivity contribution in [1.29, 1.82) is 0 Å². The standard InChI is InChI=1S/C15H15FO3/c16-13-2-1-3-15(8-13)19-10-12(9-17)11-4-6-14(18)7-5-11/h1-8,12,17-18H,9-10H2. The first-order valence-electron chi connectivity index (χ1n) is 5.97. The van der Waals surface area contributed by atoms with E-state index in [0.717, 1.165) is 5.56 Å². The second kappa shape index (κ2) is 6.20. The summed E-state index contributed by atoms with van der Waals surface area (Å²) in [5.74, 6) is 0.0234. The first kappa shape index (κ1) is 13.4. The van der Waals surface area contributed by atoms with Crippen molar-refractivity contribution in [3.8, 4) is 11.5 Å². The van der Waals surface area contributed by atoms with Crippen molar-refractivity contribution in [2.75, 3.05) is 13.2 Å². The Morgan fingerprint density at radius 2 is 1.84 bits per heavy atom. The third kappa shape index (κ3) is 3.69. The van der Waals surface area contributed by atoms with E-state index in [1.807, 2.05) is 0 Å². The van der Waals surface area contributed by atoms with Gasteiger partial charge in [-0.3, -0.25) is 0 Å². The van der Waals surface area contributed by atoms with Crippen LogP contribution in [-0.2, 0) is 0 Å². The number of ether oxygens (including phenoxy) is 1. The Balaban J connectivity index is 2.01. The fraction of sp³-hybridized carbons (Fsp3) is 0.200. The number of hydrogen-bond donors (Lipinski definition) is 2. The molecule has 2 N–H and O–H groups in total. The quantitative estimate of drug-likeness (QED) is 0.871. The lowest BCUT2D eigenvalue weighted by molar-refractivity contribution is 0.204. The summed E-state index contributed by atoms with van der Waals surface area (Å²) < 4.78 is 18.4. The van der Waals surface area contributed by atoms with E-state index in [4.69, 9.17) is 4.74 Å². The van der Waals surface area contributed by atoms with Crippen molar-refractivity contribution in [3.05, 3.63) is 59.9 Å². The summed E-state index contributed by atoms with van der Waals surface area (Å²) in [6, 6.07) is 12.4. The van der Waals surface area contributed by atoms with Crippen LogP contribution in [0.5, 0.6) is 11.5 Å². The molecule has 19 heavy (non-hydrogen) atoms. The van der Waals surface area contributed by atoms with Crippen molar-refractivity contribution in [2.24, 2.45) is 0 Å². The van der Waals surface area contributed by atoms with Gasteiger partial charge in [-0.1, -0.05) is 18.2 Å². The highest BCUT2D eigenvalue weighted by molar-refractivity contribution is 5.29. The van der Waals surface area contributed by atoms with Gasteiger partial charge in [0, 0.05) is 12.0 Å². The molecule has 0 aromatic heterocycles. The van der Waals surface area contributed by atoms with Gasteiger partial charge in [0.25, 0.3) is 0 Å². The molecule has 0 heterocycles. The molecule has 100 valence electrons. The van der Waals surface area contributed by atoms with Crippen LogP contribution in [0.25, 0.3) is 0 Å². The zero-order valence-corrected chi connectivity index (χ0v) is 10.3. The van der Waals surface area contributed by atoms with Crippen molar-refractivity contribution in [2.45, 2.75) is 5.92 Å². The molecule has 0 fully saturated rings. The van der Waals surface area contributed by atoms with Crippen LogP contribution in [0, 0.1) is 5.82 Å². The van der Waals surface area contributed by atoms with Crippen LogP contribution >= 0.6 is 0 Å². The van der Waals surface area contributed by atoms with Crippen LogP contribution in [0.4, 0.5) is 4.39 Å². The minimum absolute atomic E-state index is 0.0832. The number of phenolic OH excluding ortho intramolecular Hbond substituents is 1. The normalized spacial score (nSPS) is 12.1. The van der Waals surface area contributed by atoms with Crippen molar-refractivity contribution in [3.63, 3.8) is 0 Å². The van der Waals surface area contributed by atoms with Gasteiger partial charge in [0.1, 0.15) is 17.3 Å². The molecule has 2 aromatic carbocycles. The largest absolute Gasteiger partial charge is 0.508 e. The van der Waals surface area contributed by atoms with E-state index < -0.39 is 0 Å². The van der Waals surface area contributed by atoms with Gasteiger partial charge in [-0.25, -0.2) is 4.39 Å². The van der Waals surface area contributed by atoms with Crippen molar-refractivity contribution in [1.82, 2.24) is 0 Å². The number of aromatic hydroxyl groups is 1. The van der Waals surface area contributed by atoms with Crippen LogP contribution in [0.3, 0.4) is 0 Å². The summed E-state index contributed by atoms with van der Waals surface area (Å²) in [6.07, 6.45) is 0. The number of hydrogen-bond acceptors (Lipinski definition) is 3. The van der Waals surface area contributed by atoms with Gasteiger partial charge in [0.05, 0.1) is 13.2 Å². The molecule has 4 heteroatoms. The van der Waals surface area contributed by atoms with Crippen molar-refractivity contribution < 1.29 is 19.3 Å². The molecular weight excluding hydrogens is 247 g/mol. The second-order valence-corrected chi connectivity index (χ2v) is 4.24. The average molecular weight is 262 g/mol. The summed E-state index contributed by atoms with van der Waals surface area (Å²) in [5.41, 5.74) is 0.858. The molecular formula is C15H15FO3. The SMILES string of the molecule is OCC(COc1cccc(F)c1)c1ccc(O)cc1. The number of phenols is 1. The number of aliphatic hydroxyl groups is 1. The average Bonchev–Trinajstić information content (AvgIpc) is 2.41. The van der Waals surface area contributed by atoms with Gasteiger partial charge in [0.2, 0.25) is 0 Å². The van der Waals surface area contributed by atoms with Gasteiger partial charge in [-0.05, 0) is 29.8 Å². The second-order valence-electron chi connectivity index (χ2n) is 4.24. The lowest BCUT2D eigenvalue weighted by Gasteiger charge is -2.16. The lowest BCUT2D eigenvalue weighted by Crippen LogP contribution is -2.14. The molecule has 0 amide bonds. The molecule has 0 saturated carbocycles. The molecule has 0 aliphatic heterocycles. The molecule has 2 rings (SSSR count). The summed E-state index contributed by atoms with van der Waals surface area (Å²) in [6.45, 7) is 0.158. The summed E-state index contributed by atoms with van der Waals surface area (Å²) in [4.78, 5) is 0. The molecule has 0 bridgehead atoms. The Bertz CT molecular complexity index is 525. The monoisotopic (exact) mass is 262 g/mol. The van der Waals surface area contributed by atoms with Crippen LogP contribution in [0.15, 0.2) is 48.5 Å². The fourth-order valence-corrected chi connectivity index (χ4v) is 1.75. The summed E-state index contributed by atoms with van der Waals surface area (Å²) >= 11 is 0. The minimum atomic E-state index is -0.359. The van der Waals surface area contributed by atoms with Gasteiger partial charge in [0.15, 0.2) is 0 Å². The molecule has 0 spiro atoms. The maximum atomic E-state index is 13.0. The number of aliphatic hydroxyl groups excluding tert-OH is 1. The van der Waals surface area contributed by atoms with Gasteiger partial charge >= 0.3 is 0 Å². The highest BCUT2D eigenvalue weighted by Gasteiger charge is 2.11. The molecule has 0 radical (unpaired) electrons. The van der Waals surface area contributed by atoms with E-state index in [-0.39, 0.29) is 30.7 Å². The predicted molar refractivity (Wildman–Crippen MR) is 69.8 cm³/mol. The van der Waals surface area contributed by atoms with E-state index in [1.54, 1.807) is 36.4 Å². The topological polar surface area (TPSA) is 49.7 Å². The Hall–Kier alpha value is -2.07. The van der Waals surface area contributed by atoms with E-state index in [2.05, 4.69) is 0 Å². The Morgan fingerprint density at radius 1 is 1.11 bits per heavy atom. The highest BCUT2D eigenvalue weighted by Crippen LogP contribution is 2.20. The lowest BCUT2D eigenvalue weighted by atomic mass is 10.0. The Kier molecular flexibility index (Phi) is 4.36. The third-order valence-corrected chi connectivity index (χ3v) is 2.83. The molecule has 2 aromatic rings. The van der Waals surface area contributed by atoms with Crippen LogP contribution in [0.1, 0.15) is 11.5 Å². The van der Waals surface area contributed by atoms with Crippen LogP contribution in [-0.4, -0.2) is 23.4 Å². The third-order valence-electron chi connectivity index (χ3n) is 2.83. The smallest absolute Gasteiger partial charge is 0.126 e. The van der Waals surface area contributed by atoms with Gasteiger partial charge in [-0.2, -0.15) is 0 Å². The zero-order valence-electron chi connectivity index (χ0n) is 10.3. The van der Waals surface area contributed by atoms with E-state index in [0.29, 0.717) is 5.75 Å².